The maximum absolute atomic E-state index is 14.8. The Bertz CT molecular complexity index is 2580. The van der Waals surface area contributed by atoms with Gasteiger partial charge >= 0.3 is 12.3 Å². The van der Waals surface area contributed by atoms with Crippen LogP contribution in [0.2, 0.25) is 0 Å². The highest BCUT2D eigenvalue weighted by Crippen LogP contribution is 2.46. The molecule has 334 valence electrons. The van der Waals surface area contributed by atoms with E-state index in [2.05, 4.69) is 20.5 Å². The smallest absolute Gasteiger partial charge is 0.416 e. The highest BCUT2D eigenvalue weighted by atomic mass is 32.2. The molecule has 0 unspecified atom stereocenters. The molecule has 0 radical (unpaired) electrons. The number of nitrogens with zero attached hydrogens (tertiary/aromatic N) is 4. The Morgan fingerprint density at radius 1 is 0.921 bits per heavy atom. The first-order valence-electron chi connectivity index (χ1n) is 21.6. The number of alkyl halides is 3. The first-order valence-corrected chi connectivity index (χ1v) is 23.2. The highest BCUT2D eigenvalue weighted by Gasteiger charge is 2.62. The van der Waals surface area contributed by atoms with Crippen molar-refractivity contribution in [2.45, 2.75) is 125 Å². The lowest BCUT2D eigenvalue weighted by atomic mass is 10.0. The average Bonchev–Trinajstić information content (AvgIpc) is 4.06. The van der Waals surface area contributed by atoms with Gasteiger partial charge in [-0.05, 0) is 82.4 Å². The van der Waals surface area contributed by atoms with Crippen molar-refractivity contribution in [3.63, 3.8) is 0 Å². The number of hydrogen-bond acceptors (Lipinski definition) is 10. The van der Waals surface area contributed by atoms with E-state index in [4.69, 9.17) is 14.5 Å². The van der Waals surface area contributed by atoms with E-state index in [-0.39, 0.29) is 49.0 Å². The Labute approximate surface area is 361 Å². The first-order chi connectivity index (χ1) is 30.2. The van der Waals surface area contributed by atoms with Gasteiger partial charge in [-0.3, -0.25) is 19.1 Å². The molecule has 2 aromatic carbocycles. The number of carbonyl (C=O) groups excluding carboxylic acids is 4. The summed E-state index contributed by atoms with van der Waals surface area (Å²) in [4.78, 5) is 62.6. The third-order valence-corrected chi connectivity index (χ3v) is 14.6. The standard InChI is InChI=1S/C44H48F3N7O8S/c45-44(46,47)27-17-20-32-35(21-27)51-54-37(23-34(48-38(32)54)26-11-5-4-6-12-26)61-30-22-36-39(55)50-43(41(57)52-63(59,60)31-18-19-31)24-28(43)13-7-2-1-3-8-16-33(40(56)53(36)25-30)49-42(58)62-29-14-9-10-15-29/h4-7,11-13,17,20-21,23,28-31,33,36H,1-3,8-10,14-16,18-19,22,24-25H2,(H,49,58)(H,50,55)(H,52,57)/t28-,30-,33+,36+,43-/m1/s1. The molecule has 2 aliphatic heterocycles. The van der Waals surface area contributed by atoms with Crippen molar-refractivity contribution in [3.05, 3.63) is 72.3 Å². The molecule has 5 atom stereocenters. The Hall–Kier alpha value is -5.72. The summed E-state index contributed by atoms with van der Waals surface area (Å²) in [6.07, 6.45) is 4.24. The van der Waals surface area contributed by atoms with Crippen molar-refractivity contribution in [2.75, 3.05) is 6.54 Å². The molecule has 4 aromatic rings. The normalized spacial score (nSPS) is 26.0. The van der Waals surface area contributed by atoms with E-state index in [1.165, 1.54) is 15.5 Å². The Balaban J connectivity index is 1.07. The summed E-state index contributed by atoms with van der Waals surface area (Å²) < 4.78 is 83.1. The number of benzene rings is 2. The van der Waals surface area contributed by atoms with Crippen LogP contribution in [0.15, 0.2) is 66.7 Å². The van der Waals surface area contributed by atoms with Crippen molar-refractivity contribution in [1.29, 1.82) is 0 Å². The molecule has 3 aliphatic carbocycles. The minimum atomic E-state index is -4.63. The Kier molecular flexibility index (Phi) is 11.3. The van der Waals surface area contributed by atoms with Crippen LogP contribution in [-0.2, 0) is 35.3 Å². The second kappa shape index (κ2) is 16.8. The molecule has 4 amide bonds. The predicted molar refractivity (Wildman–Crippen MR) is 222 cm³/mol. The maximum Gasteiger partial charge on any atom is 0.416 e. The number of fused-ring (bicyclic) bond motifs is 5. The zero-order chi connectivity index (χ0) is 44.1. The van der Waals surface area contributed by atoms with Gasteiger partial charge in [0.05, 0.1) is 28.6 Å². The van der Waals surface area contributed by atoms with Gasteiger partial charge in [0.2, 0.25) is 27.7 Å². The van der Waals surface area contributed by atoms with Gasteiger partial charge in [-0.15, -0.1) is 0 Å². The molecule has 9 rings (SSSR count). The second-order valence-corrected chi connectivity index (χ2v) is 19.3. The number of nitrogens with one attached hydrogen (secondary N) is 3. The second-order valence-electron chi connectivity index (χ2n) is 17.3. The van der Waals surface area contributed by atoms with Crippen molar-refractivity contribution >= 4 is 50.4 Å². The van der Waals surface area contributed by atoms with E-state index in [0.717, 1.165) is 44.2 Å². The molecule has 0 spiro atoms. The van der Waals surface area contributed by atoms with Crippen molar-refractivity contribution < 1.29 is 50.2 Å². The van der Waals surface area contributed by atoms with E-state index in [0.29, 0.717) is 48.7 Å². The molecule has 19 heteroatoms. The van der Waals surface area contributed by atoms with Crippen LogP contribution in [0.4, 0.5) is 18.0 Å². The first kappa shape index (κ1) is 42.6. The van der Waals surface area contributed by atoms with Gasteiger partial charge < -0.3 is 25.0 Å². The summed E-state index contributed by atoms with van der Waals surface area (Å²) in [6, 6.07) is 11.5. The molecule has 4 fully saturated rings. The quantitative estimate of drug-likeness (QED) is 0.178. The number of halogens is 3. The maximum atomic E-state index is 14.8. The van der Waals surface area contributed by atoms with Gasteiger partial charge in [-0.25, -0.2) is 18.2 Å². The molecule has 0 bridgehead atoms. The number of carbonyl (C=O) groups is 4. The zero-order valence-electron chi connectivity index (χ0n) is 34.3. The van der Waals surface area contributed by atoms with Crippen LogP contribution in [0.3, 0.4) is 0 Å². The molecule has 5 aliphatic rings. The monoisotopic (exact) mass is 891 g/mol. The van der Waals surface area contributed by atoms with E-state index >= 15 is 0 Å². The van der Waals surface area contributed by atoms with Crippen molar-refractivity contribution in [2.24, 2.45) is 5.92 Å². The summed E-state index contributed by atoms with van der Waals surface area (Å²) in [6.45, 7) is -0.172. The van der Waals surface area contributed by atoms with Crippen LogP contribution < -0.4 is 20.1 Å². The van der Waals surface area contributed by atoms with Crippen LogP contribution in [0.1, 0.15) is 89.0 Å². The number of hydrogen-bond donors (Lipinski definition) is 3. The molecule has 63 heavy (non-hydrogen) atoms. The van der Waals surface area contributed by atoms with Crippen LogP contribution in [0.25, 0.3) is 27.8 Å². The SMILES string of the molecule is O=C(N[C@H]1CCCCCC=C[C@@H]2C[C@@]2(C(=O)NS(=O)(=O)C2CC2)NC(=O)[C@@H]2C[C@@H](Oc3cc(-c4ccccc4)nc4c5ccc(C(F)(F)F)cc5nn34)CN2C1=O)OC1CCCC1. The van der Waals surface area contributed by atoms with Crippen LogP contribution in [0, 0.1) is 5.92 Å². The molecular weight excluding hydrogens is 844 g/mol. The fourth-order valence-corrected chi connectivity index (χ4v) is 10.4. The molecule has 1 saturated heterocycles. The van der Waals surface area contributed by atoms with E-state index in [1.54, 1.807) is 18.2 Å². The summed E-state index contributed by atoms with van der Waals surface area (Å²) in [5.74, 6) is -2.58. The molecule has 3 saturated carbocycles. The third kappa shape index (κ3) is 8.93. The summed E-state index contributed by atoms with van der Waals surface area (Å²) in [7, 11) is -3.97. The molecule has 2 aromatic heterocycles. The minimum Gasteiger partial charge on any atom is -0.472 e. The topological polar surface area (TPSA) is 190 Å². The van der Waals surface area contributed by atoms with Crippen molar-refractivity contribution in [1.82, 2.24) is 34.9 Å². The van der Waals surface area contributed by atoms with E-state index < -0.39 is 80.5 Å². The van der Waals surface area contributed by atoms with Crippen LogP contribution in [-0.4, -0.2) is 93.4 Å². The van der Waals surface area contributed by atoms with Gasteiger partial charge in [0.1, 0.15) is 29.8 Å². The Morgan fingerprint density at radius 2 is 1.68 bits per heavy atom. The van der Waals surface area contributed by atoms with Crippen LogP contribution in [0.5, 0.6) is 5.88 Å². The largest absolute Gasteiger partial charge is 0.472 e. The molecule has 15 nitrogen and oxygen atoms in total. The van der Waals surface area contributed by atoms with Gasteiger partial charge in [-0.2, -0.15) is 22.8 Å². The zero-order valence-corrected chi connectivity index (χ0v) is 35.1. The highest BCUT2D eigenvalue weighted by molar-refractivity contribution is 7.91. The average molecular weight is 892 g/mol. The summed E-state index contributed by atoms with van der Waals surface area (Å²) in [5.41, 5.74) is -1.16. The number of sulfonamides is 1. The van der Waals surface area contributed by atoms with Gasteiger partial charge in [-0.1, -0.05) is 55.3 Å². The predicted octanol–water partition coefficient (Wildman–Crippen LogP) is 5.96. The number of allylic oxidation sites excluding steroid dienone is 1. The lowest BCUT2D eigenvalue weighted by molar-refractivity contribution is -0.141. The van der Waals surface area contributed by atoms with E-state index in [9.17, 15) is 40.8 Å². The fraction of sp³-hybridized carbons (Fsp3) is 0.500. The number of aromatic nitrogens is 3. The fourth-order valence-electron chi connectivity index (χ4n) is 9.03. The lowest BCUT2D eigenvalue weighted by Gasteiger charge is -2.30. The van der Waals surface area contributed by atoms with Gasteiger partial charge in [0, 0.05) is 29.4 Å². The van der Waals surface area contributed by atoms with Crippen LogP contribution >= 0.6 is 0 Å². The van der Waals surface area contributed by atoms with Gasteiger partial charge in [0.15, 0.2) is 5.65 Å². The number of alkyl carbamates (subject to hydrolysis) is 1. The molecule has 4 heterocycles. The molecular formula is C44H48F3N7O8S. The number of ether oxygens (including phenoxy) is 2. The third-order valence-electron chi connectivity index (χ3n) is 12.7. The summed E-state index contributed by atoms with van der Waals surface area (Å²) >= 11 is 0. The van der Waals surface area contributed by atoms with Crippen molar-refractivity contribution in [3.8, 4) is 17.1 Å². The van der Waals surface area contributed by atoms with Gasteiger partial charge in [0.25, 0.3) is 5.91 Å². The number of amides is 4. The number of rotatable bonds is 8. The molecule has 3 N–H and O–H groups in total. The minimum absolute atomic E-state index is 0.0137. The Morgan fingerprint density at radius 3 is 2.43 bits per heavy atom. The van der Waals surface area contributed by atoms with E-state index in [1.807, 2.05) is 30.4 Å². The lowest BCUT2D eigenvalue weighted by Crippen LogP contribution is -2.58. The summed E-state index contributed by atoms with van der Waals surface area (Å²) in [5, 5.41) is 9.74.